The number of phosphoric acid groups is 1. The molecule has 0 saturated carbocycles. The van der Waals surface area contributed by atoms with E-state index in [1.54, 1.807) is 0 Å². The molecule has 0 rings (SSSR count). The molecule has 0 aliphatic heterocycles. The first-order valence-electron chi connectivity index (χ1n) is 3.39. The van der Waals surface area contributed by atoms with E-state index in [-0.39, 0.29) is 13.0 Å². The first-order valence-corrected chi connectivity index (χ1v) is 4.92. The van der Waals surface area contributed by atoms with Crippen molar-refractivity contribution in [1.29, 1.82) is 0 Å². The van der Waals surface area contributed by atoms with Gasteiger partial charge in [-0.2, -0.15) is 0 Å². The van der Waals surface area contributed by atoms with E-state index in [9.17, 15) is 4.57 Å². The molecule has 4 N–H and O–H groups in total. The van der Waals surface area contributed by atoms with E-state index in [4.69, 9.17) is 20.0 Å². The maximum Gasteiger partial charge on any atom is 0.469 e. The van der Waals surface area contributed by atoms with Gasteiger partial charge in [-0.25, -0.2) is 4.57 Å². The Balaban J connectivity index is 4.05. The molecule has 0 heterocycles. The van der Waals surface area contributed by atoms with Gasteiger partial charge < -0.3 is 20.0 Å². The van der Waals surface area contributed by atoms with Crippen molar-refractivity contribution in [2.24, 2.45) is 0 Å². The van der Waals surface area contributed by atoms with Gasteiger partial charge in [0.1, 0.15) is 0 Å². The van der Waals surface area contributed by atoms with Gasteiger partial charge in [-0.1, -0.05) is 0 Å². The monoisotopic (exact) mass is 200 g/mol. The van der Waals surface area contributed by atoms with Crippen LogP contribution in [0, 0.1) is 0 Å². The van der Waals surface area contributed by atoms with Crippen LogP contribution in [0.2, 0.25) is 0 Å². The molecule has 7 heteroatoms. The van der Waals surface area contributed by atoms with Crippen molar-refractivity contribution in [2.75, 3.05) is 6.61 Å². The highest BCUT2D eigenvalue weighted by Gasteiger charge is 2.25. The predicted molar refractivity (Wildman–Crippen MR) is 40.3 cm³/mol. The molecular formula is C5H13O6P. The lowest BCUT2D eigenvalue weighted by molar-refractivity contribution is 0.0139. The zero-order valence-corrected chi connectivity index (χ0v) is 7.52. The van der Waals surface area contributed by atoms with Crippen molar-refractivity contribution in [3.05, 3.63) is 0 Å². The predicted octanol–water partition coefficient (Wildman–Crippen LogP) is -0.772. The Hall–Kier alpha value is 0.0300. The van der Waals surface area contributed by atoms with E-state index in [0.717, 1.165) is 0 Å². The Morgan fingerprint density at radius 2 is 2.00 bits per heavy atom. The number of aliphatic hydroxyl groups is 2. The second-order valence-corrected chi connectivity index (χ2v) is 3.58. The zero-order valence-electron chi connectivity index (χ0n) is 6.62. The Labute approximate surface area is 70.0 Å². The fourth-order valence-electron chi connectivity index (χ4n) is 0.686. The van der Waals surface area contributed by atoms with Crippen molar-refractivity contribution >= 4 is 7.82 Å². The Morgan fingerprint density at radius 3 is 2.25 bits per heavy atom. The van der Waals surface area contributed by atoms with Crippen LogP contribution in [0.1, 0.15) is 13.3 Å². The van der Waals surface area contributed by atoms with Crippen LogP contribution in [0.15, 0.2) is 0 Å². The van der Waals surface area contributed by atoms with E-state index < -0.39 is 20.0 Å². The molecule has 0 aliphatic carbocycles. The van der Waals surface area contributed by atoms with Crippen molar-refractivity contribution in [3.63, 3.8) is 0 Å². The number of phosphoric ester groups is 1. The number of hydrogen-bond acceptors (Lipinski definition) is 4. The van der Waals surface area contributed by atoms with Gasteiger partial charge in [-0.15, -0.1) is 0 Å². The molecule has 74 valence electrons. The smallest absolute Gasteiger partial charge is 0.396 e. The Morgan fingerprint density at radius 1 is 1.50 bits per heavy atom. The fourth-order valence-corrected chi connectivity index (χ4v) is 1.32. The van der Waals surface area contributed by atoms with Gasteiger partial charge in [0.15, 0.2) is 0 Å². The van der Waals surface area contributed by atoms with Crippen LogP contribution >= 0.6 is 7.82 Å². The lowest BCUT2D eigenvalue weighted by atomic mass is 10.2. The minimum atomic E-state index is -4.58. The van der Waals surface area contributed by atoms with Crippen LogP contribution in [-0.2, 0) is 9.09 Å². The first-order chi connectivity index (χ1) is 5.37. The summed E-state index contributed by atoms with van der Waals surface area (Å²) in [4.78, 5) is 16.7. The van der Waals surface area contributed by atoms with Gasteiger partial charge in [0.05, 0.1) is 12.2 Å². The summed E-state index contributed by atoms with van der Waals surface area (Å²) in [6, 6.07) is 0. The van der Waals surface area contributed by atoms with E-state index in [1.165, 1.54) is 6.92 Å². The molecule has 0 fully saturated rings. The van der Waals surface area contributed by atoms with Crippen LogP contribution in [0.5, 0.6) is 0 Å². The zero-order chi connectivity index (χ0) is 9.78. The molecule has 6 nitrogen and oxygen atoms in total. The summed E-state index contributed by atoms with van der Waals surface area (Å²) in [6.07, 6.45) is -2.07. The molecule has 0 aromatic rings. The second-order valence-electron chi connectivity index (χ2n) is 2.39. The third-order valence-corrected chi connectivity index (χ3v) is 1.77. The standard InChI is InChI=1S/C5H13O6P/c1-4(7)5(2-3-6)11-12(8,9)10/h4-7H,2-3H2,1H3,(H2,8,9,10). The Kier molecular flexibility index (Phi) is 4.92. The van der Waals surface area contributed by atoms with Crippen LogP contribution in [-0.4, -0.2) is 38.8 Å². The molecule has 0 bridgehead atoms. The summed E-state index contributed by atoms with van der Waals surface area (Å²) in [5.74, 6) is 0. The molecule has 0 aliphatic rings. The molecule has 0 spiro atoms. The van der Waals surface area contributed by atoms with E-state index in [2.05, 4.69) is 4.52 Å². The highest BCUT2D eigenvalue weighted by atomic mass is 31.2. The molecule has 2 atom stereocenters. The molecule has 0 radical (unpaired) electrons. The van der Waals surface area contributed by atoms with Crippen molar-refractivity contribution in [3.8, 4) is 0 Å². The molecule has 0 aromatic carbocycles. The van der Waals surface area contributed by atoms with Gasteiger partial charge in [0.2, 0.25) is 0 Å². The summed E-state index contributed by atoms with van der Waals surface area (Å²) in [5, 5.41) is 17.4. The number of hydrogen-bond donors (Lipinski definition) is 4. The summed E-state index contributed by atoms with van der Waals surface area (Å²) in [7, 11) is -4.58. The molecule has 2 unspecified atom stereocenters. The summed E-state index contributed by atoms with van der Waals surface area (Å²) in [6.45, 7) is 1.03. The van der Waals surface area contributed by atoms with Crippen LogP contribution in [0.3, 0.4) is 0 Å². The number of aliphatic hydroxyl groups excluding tert-OH is 2. The maximum absolute atomic E-state index is 10.3. The minimum absolute atomic E-state index is 0.0111. The minimum Gasteiger partial charge on any atom is -0.396 e. The van der Waals surface area contributed by atoms with Crippen LogP contribution in [0.25, 0.3) is 0 Å². The first kappa shape index (κ1) is 12.0. The van der Waals surface area contributed by atoms with Gasteiger partial charge >= 0.3 is 7.82 Å². The van der Waals surface area contributed by atoms with Crippen molar-refractivity contribution < 1.29 is 29.1 Å². The average molecular weight is 200 g/mol. The largest absolute Gasteiger partial charge is 0.469 e. The van der Waals surface area contributed by atoms with E-state index in [0.29, 0.717) is 0 Å². The van der Waals surface area contributed by atoms with Gasteiger partial charge in [-0.05, 0) is 13.3 Å². The van der Waals surface area contributed by atoms with Crippen molar-refractivity contribution in [2.45, 2.75) is 25.6 Å². The third-order valence-electron chi connectivity index (χ3n) is 1.22. The van der Waals surface area contributed by atoms with Crippen LogP contribution in [0.4, 0.5) is 0 Å². The topological polar surface area (TPSA) is 107 Å². The third kappa shape index (κ3) is 5.65. The van der Waals surface area contributed by atoms with E-state index >= 15 is 0 Å². The van der Waals surface area contributed by atoms with Crippen molar-refractivity contribution in [1.82, 2.24) is 0 Å². The summed E-state index contributed by atoms with van der Waals surface area (Å²) in [5.41, 5.74) is 0. The van der Waals surface area contributed by atoms with E-state index in [1.807, 2.05) is 0 Å². The fraction of sp³-hybridized carbons (Fsp3) is 1.00. The number of rotatable bonds is 5. The van der Waals surface area contributed by atoms with Gasteiger partial charge in [0.25, 0.3) is 0 Å². The van der Waals surface area contributed by atoms with Gasteiger partial charge in [0, 0.05) is 6.61 Å². The quantitative estimate of drug-likeness (QED) is 0.434. The SMILES string of the molecule is CC(O)C(CCO)OP(=O)(O)O. The average Bonchev–Trinajstić information content (AvgIpc) is 1.83. The van der Waals surface area contributed by atoms with Gasteiger partial charge in [-0.3, -0.25) is 4.52 Å². The molecule has 0 saturated heterocycles. The molecule has 0 amide bonds. The molecular weight excluding hydrogens is 187 g/mol. The molecule has 12 heavy (non-hydrogen) atoms. The summed E-state index contributed by atoms with van der Waals surface area (Å²) >= 11 is 0. The molecule has 0 aromatic heterocycles. The summed E-state index contributed by atoms with van der Waals surface area (Å²) < 4.78 is 14.5. The highest BCUT2D eigenvalue weighted by molar-refractivity contribution is 7.46. The highest BCUT2D eigenvalue weighted by Crippen LogP contribution is 2.38. The normalized spacial score (nSPS) is 17.4. The Bertz CT molecular complexity index is 163. The maximum atomic E-state index is 10.3. The second kappa shape index (κ2) is 4.91. The lowest BCUT2D eigenvalue weighted by Gasteiger charge is -2.19. The van der Waals surface area contributed by atoms with Crippen LogP contribution < -0.4 is 0 Å². The lowest BCUT2D eigenvalue weighted by Crippen LogP contribution is -2.26.